The van der Waals surface area contributed by atoms with Crippen LogP contribution in [-0.2, 0) is 9.47 Å². The van der Waals surface area contributed by atoms with Crippen molar-refractivity contribution in [3.05, 3.63) is 35.9 Å². The first kappa shape index (κ1) is 14.5. The average molecular weight is 263 g/mol. The average Bonchev–Trinajstić information content (AvgIpc) is 2.49. The second-order valence-corrected chi connectivity index (χ2v) is 5.23. The second-order valence-electron chi connectivity index (χ2n) is 5.23. The van der Waals surface area contributed by atoms with Crippen molar-refractivity contribution in [2.75, 3.05) is 20.8 Å². The predicted molar refractivity (Wildman–Crippen MR) is 77.2 cm³/mol. The molecule has 0 radical (unpaired) electrons. The van der Waals surface area contributed by atoms with E-state index in [-0.39, 0.29) is 6.04 Å². The summed E-state index contributed by atoms with van der Waals surface area (Å²) in [5.41, 5.74) is 1.28. The molecule has 0 aliphatic heterocycles. The van der Waals surface area contributed by atoms with Crippen LogP contribution in [0, 0.1) is 0 Å². The van der Waals surface area contributed by atoms with Gasteiger partial charge in [-0.25, -0.2) is 0 Å². The third kappa shape index (κ3) is 4.30. The van der Waals surface area contributed by atoms with E-state index in [0.717, 1.165) is 19.4 Å². The van der Waals surface area contributed by atoms with Crippen LogP contribution in [0.1, 0.15) is 37.3 Å². The zero-order chi connectivity index (χ0) is 13.5. The zero-order valence-electron chi connectivity index (χ0n) is 12.0. The lowest BCUT2D eigenvalue weighted by Gasteiger charge is -2.29. The number of rotatable bonds is 6. The Bertz CT molecular complexity index is 355. The van der Waals surface area contributed by atoms with Crippen LogP contribution in [0.25, 0.3) is 0 Å². The molecule has 1 aliphatic carbocycles. The van der Waals surface area contributed by atoms with Gasteiger partial charge in [-0.1, -0.05) is 30.3 Å². The normalized spacial score (nSPS) is 25.2. The maximum Gasteiger partial charge on any atom is 0.0665 e. The lowest BCUT2D eigenvalue weighted by Crippen LogP contribution is -2.30. The van der Waals surface area contributed by atoms with Crippen LogP contribution in [0.5, 0.6) is 0 Å². The van der Waals surface area contributed by atoms with Crippen LogP contribution in [0.3, 0.4) is 0 Å². The lowest BCUT2D eigenvalue weighted by molar-refractivity contribution is -0.0352. The molecule has 1 aliphatic rings. The largest absolute Gasteiger partial charge is 0.381 e. The maximum atomic E-state index is 6.08. The van der Waals surface area contributed by atoms with Gasteiger partial charge in [0.15, 0.2) is 0 Å². The number of likely N-dealkylation sites (N-methyl/N-ethyl adjacent to an activating group) is 1. The highest BCUT2D eigenvalue weighted by Crippen LogP contribution is 2.24. The van der Waals surface area contributed by atoms with Crippen LogP contribution in [-0.4, -0.2) is 33.0 Å². The summed E-state index contributed by atoms with van der Waals surface area (Å²) in [5, 5.41) is 3.33. The minimum Gasteiger partial charge on any atom is -0.381 e. The monoisotopic (exact) mass is 263 g/mol. The van der Waals surface area contributed by atoms with Crippen molar-refractivity contribution >= 4 is 0 Å². The Balaban J connectivity index is 1.83. The molecule has 1 N–H and O–H groups in total. The third-order valence-corrected chi connectivity index (χ3v) is 3.96. The van der Waals surface area contributed by atoms with Gasteiger partial charge in [-0.05, 0) is 38.3 Å². The molecule has 19 heavy (non-hydrogen) atoms. The van der Waals surface area contributed by atoms with Gasteiger partial charge in [0.25, 0.3) is 0 Å². The zero-order valence-corrected chi connectivity index (χ0v) is 12.0. The summed E-state index contributed by atoms with van der Waals surface area (Å²) in [7, 11) is 3.78. The maximum absolute atomic E-state index is 6.08. The van der Waals surface area contributed by atoms with Crippen LogP contribution in [0.15, 0.2) is 30.3 Å². The molecule has 1 aromatic carbocycles. The molecule has 0 saturated heterocycles. The Morgan fingerprint density at radius 2 is 1.95 bits per heavy atom. The molecule has 0 aromatic heterocycles. The number of nitrogens with one attached hydrogen (secondary N) is 1. The summed E-state index contributed by atoms with van der Waals surface area (Å²) >= 11 is 0. The summed E-state index contributed by atoms with van der Waals surface area (Å²) in [6.45, 7) is 0.724. The number of methoxy groups -OCH3 is 1. The molecule has 3 unspecified atom stereocenters. The van der Waals surface area contributed by atoms with Gasteiger partial charge in [-0.3, -0.25) is 0 Å². The van der Waals surface area contributed by atoms with Crippen molar-refractivity contribution in [1.29, 1.82) is 0 Å². The Morgan fingerprint density at radius 1 is 1.21 bits per heavy atom. The van der Waals surface area contributed by atoms with Crippen molar-refractivity contribution in [1.82, 2.24) is 5.32 Å². The van der Waals surface area contributed by atoms with E-state index < -0.39 is 0 Å². The Kier molecular flexibility index (Phi) is 5.83. The molecule has 3 heteroatoms. The molecule has 106 valence electrons. The molecule has 3 nitrogen and oxygen atoms in total. The first-order chi connectivity index (χ1) is 9.33. The van der Waals surface area contributed by atoms with E-state index in [2.05, 4.69) is 29.6 Å². The van der Waals surface area contributed by atoms with Crippen molar-refractivity contribution in [3.63, 3.8) is 0 Å². The van der Waals surface area contributed by atoms with E-state index in [1.807, 2.05) is 13.1 Å². The topological polar surface area (TPSA) is 30.5 Å². The Labute approximate surface area is 116 Å². The van der Waals surface area contributed by atoms with E-state index in [1.54, 1.807) is 7.11 Å². The van der Waals surface area contributed by atoms with Gasteiger partial charge in [-0.15, -0.1) is 0 Å². The van der Waals surface area contributed by atoms with Crippen molar-refractivity contribution < 1.29 is 9.47 Å². The van der Waals surface area contributed by atoms with E-state index >= 15 is 0 Å². The molecule has 0 bridgehead atoms. The smallest absolute Gasteiger partial charge is 0.0665 e. The molecular weight excluding hydrogens is 238 g/mol. The summed E-state index contributed by atoms with van der Waals surface area (Å²) in [6.07, 6.45) is 5.29. The van der Waals surface area contributed by atoms with E-state index in [0.29, 0.717) is 12.2 Å². The number of benzene rings is 1. The predicted octanol–water partition coefficient (Wildman–Crippen LogP) is 2.92. The Hall–Kier alpha value is -0.900. The molecular formula is C16H25NO2. The van der Waals surface area contributed by atoms with Gasteiger partial charge >= 0.3 is 0 Å². The van der Waals surface area contributed by atoms with Gasteiger partial charge in [0.2, 0.25) is 0 Å². The number of hydrogen-bond donors (Lipinski definition) is 1. The van der Waals surface area contributed by atoms with Crippen LogP contribution < -0.4 is 5.32 Å². The van der Waals surface area contributed by atoms with Crippen molar-refractivity contribution in [2.24, 2.45) is 0 Å². The fourth-order valence-corrected chi connectivity index (χ4v) is 2.73. The van der Waals surface area contributed by atoms with Gasteiger partial charge < -0.3 is 14.8 Å². The highest BCUT2D eigenvalue weighted by Gasteiger charge is 2.23. The highest BCUT2D eigenvalue weighted by atomic mass is 16.5. The van der Waals surface area contributed by atoms with E-state index in [9.17, 15) is 0 Å². The minimum absolute atomic E-state index is 0.268. The molecule has 1 fully saturated rings. The molecule has 1 saturated carbocycles. The van der Waals surface area contributed by atoms with E-state index in [1.165, 1.54) is 18.4 Å². The number of ether oxygens (including phenoxy) is 2. The minimum atomic E-state index is 0.268. The van der Waals surface area contributed by atoms with E-state index in [4.69, 9.17) is 9.47 Å². The van der Waals surface area contributed by atoms with Crippen LogP contribution >= 0.6 is 0 Å². The SMILES string of the molecule is CNC(COC1CCCC(OC)C1)c1ccccc1. The van der Waals surface area contributed by atoms with Crippen LogP contribution in [0.2, 0.25) is 0 Å². The third-order valence-electron chi connectivity index (χ3n) is 3.96. The molecule has 2 rings (SSSR count). The quantitative estimate of drug-likeness (QED) is 0.856. The van der Waals surface area contributed by atoms with Crippen molar-refractivity contribution in [2.45, 2.75) is 43.9 Å². The summed E-state index contributed by atoms with van der Waals surface area (Å²) < 4.78 is 11.5. The van der Waals surface area contributed by atoms with Gasteiger partial charge in [0.1, 0.15) is 0 Å². The van der Waals surface area contributed by atoms with Gasteiger partial charge in [-0.2, -0.15) is 0 Å². The van der Waals surface area contributed by atoms with Gasteiger partial charge in [0, 0.05) is 7.11 Å². The Morgan fingerprint density at radius 3 is 2.63 bits per heavy atom. The highest BCUT2D eigenvalue weighted by molar-refractivity contribution is 5.18. The fourth-order valence-electron chi connectivity index (χ4n) is 2.73. The van der Waals surface area contributed by atoms with Crippen LogP contribution in [0.4, 0.5) is 0 Å². The second kappa shape index (κ2) is 7.63. The summed E-state index contributed by atoms with van der Waals surface area (Å²) in [4.78, 5) is 0. The molecule has 0 spiro atoms. The molecule has 1 aromatic rings. The fraction of sp³-hybridized carbons (Fsp3) is 0.625. The summed E-state index contributed by atoms with van der Waals surface area (Å²) in [6, 6.07) is 10.7. The van der Waals surface area contributed by atoms with Crippen molar-refractivity contribution in [3.8, 4) is 0 Å². The van der Waals surface area contributed by atoms with Gasteiger partial charge in [0.05, 0.1) is 24.9 Å². The molecule has 0 amide bonds. The summed E-state index contributed by atoms with van der Waals surface area (Å²) in [5.74, 6) is 0. The first-order valence-corrected chi connectivity index (χ1v) is 7.20. The molecule has 0 heterocycles. The first-order valence-electron chi connectivity index (χ1n) is 7.20. The lowest BCUT2D eigenvalue weighted by atomic mass is 9.95. The number of hydrogen-bond acceptors (Lipinski definition) is 3. The standard InChI is InChI=1S/C16H25NO2/c1-17-16(13-7-4-3-5-8-13)12-19-15-10-6-9-14(11-15)18-2/h3-5,7-8,14-17H,6,9-12H2,1-2H3. The molecule has 3 atom stereocenters.